The summed E-state index contributed by atoms with van der Waals surface area (Å²) in [6.07, 6.45) is -2.80. The summed E-state index contributed by atoms with van der Waals surface area (Å²) in [6, 6.07) is 6.41. The summed E-state index contributed by atoms with van der Waals surface area (Å²) >= 11 is 5.22. The summed E-state index contributed by atoms with van der Waals surface area (Å²) in [5, 5.41) is 6.00. The SMILES string of the molecule is CN(Cc1ccc(C(=O)NCC(F)(F)F)cc1)Cn1ncn(C)c1=S. The molecule has 0 saturated heterocycles. The number of hydrogen-bond donors (Lipinski definition) is 1. The molecule has 2 aromatic rings. The Balaban J connectivity index is 1.92. The molecule has 10 heteroatoms. The number of carbonyl (C=O) groups is 1. The van der Waals surface area contributed by atoms with Gasteiger partial charge < -0.3 is 9.88 Å². The van der Waals surface area contributed by atoms with Gasteiger partial charge in [-0.2, -0.15) is 18.3 Å². The van der Waals surface area contributed by atoms with E-state index in [1.165, 1.54) is 12.1 Å². The van der Waals surface area contributed by atoms with Gasteiger partial charge in [0.05, 0.1) is 6.67 Å². The maximum Gasteiger partial charge on any atom is 0.405 e. The van der Waals surface area contributed by atoms with E-state index in [0.717, 1.165) is 5.56 Å². The van der Waals surface area contributed by atoms with Crippen LogP contribution >= 0.6 is 12.2 Å². The van der Waals surface area contributed by atoms with Crippen molar-refractivity contribution in [2.75, 3.05) is 13.6 Å². The Hall–Kier alpha value is -2.20. The third-order valence-corrected chi connectivity index (χ3v) is 3.88. The molecule has 25 heavy (non-hydrogen) atoms. The standard InChI is InChI=1S/C15H18F3N5OS/c1-21(10-23-14(25)22(2)9-20-23)7-11-3-5-12(6-4-11)13(24)19-8-15(16,17)18/h3-6,9H,7-8,10H2,1-2H3,(H,19,24). The number of alkyl halides is 3. The number of carbonyl (C=O) groups excluding carboxylic acids is 1. The molecule has 0 fully saturated rings. The number of aromatic nitrogens is 3. The summed E-state index contributed by atoms with van der Waals surface area (Å²) in [5.74, 6) is -0.753. The highest BCUT2D eigenvalue weighted by atomic mass is 32.1. The molecule has 1 heterocycles. The van der Waals surface area contributed by atoms with Crippen LogP contribution in [0.2, 0.25) is 0 Å². The topological polar surface area (TPSA) is 55.1 Å². The van der Waals surface area contributed by atoms with E-state index in [0.29, 0.717) is 18.0 Å². The molecule has 0 spiro atoms. The molecule has 1 N–H and O–H groups in total. The van der Waals surface area contributed by atoms with E-state index in [1.54, 1.807) is 27.7 Å². The first kappa shape index (κ1) is 19.1. The van der Waals surface area contributed by atoms with E-state index in [9.17, 15) is 18.0 Å². The van der Waals surface area contributed by atoms with E-state index >= 15 is 0 Å². The van der Waals surface area contributed by atoms with Gasteiger partial charge in [-0.15, -0.1) is 0 Å². The van der Waals surface area contributed by atoms with E-state index in [-0.39, 0.29) is 5.56 Å². The van der Waals surface area contributed by atoms with Crippen LogP contribution in [0.15, 0.2) is 30.6 Å². The number of nitrogens with zero attached hydrogens (tertiary/aromatic N) is 4. The van der Waals surface area contributed by atoms with Crippen LogP contribution in [0.25, 0.3) is 0 Å². The van der Waals surface area contributed by atoms with Crippen LogP contribution in [-0.2, 0) is 20.3 Å². The molecule has 0 saturated carbocycles. The minimum atomic E-state index is -4.43. The Morgan fingerprint density at radius 1 is 1.32 bits per heavy atom. The van der Waals surface area contributed by atoms with Gasteiger partial charge in [0.15, 0.2) is 4.77 Å². The Morgan fingerprint density at radius 2 is 1.96 bits per heavy atom. The van der Waals surface area contributed by atoms with Gasteiger partial charge in [0, 0.05) is 19.2 Å². The van der Waals surface area contributed by atoms with Crippen LogP contribution in [-0.4, -0.2) is 44.9 Å². The third kappa shape index (κ3) is 5.68. The van der Waals surface area contributed by atoms with E-state index in [4.69, 9.17) is 12.2 Å². The van der Waals surface area contributed by atoms with Crippen molar-refractivity contribution in [2.45, 2.75) is 19.4 Å². The average molecular weight is 373 g/mol. The van der Waals surface area contributed by atoms with Crippen molar-refractivity contribution in [2.24, 2.45) is 7.05 Å². The predicted molar refractivity (Wildman–Crippen MR) is 88.3 cm³/mol. The van der Waals surface area contributed by atoms with Crippen molar-refractivity contribution in [3.8, 4) is 0 Å². The molecule has 1 amide bonds. The van der Waals surface area contributed by atoms with E-state index in [2.05, 4.69) is 5.10 Å². The lowest BCUT2D eigenvalue weighted by molar-refractivity contribution is -0.123. The Morgan fingerprint density at radius 3 is 2.48 bits per heavy atom. The highest BCUT2D eigenvalue weighted by Gasteiger charge is 2.27. The summed E-state index contributed by atoms with van der Waals surface area (Å²) in [4.78, 5) is 13.6. The van der Waals surface area contributed by atoms with Crippen LogP contribution in [0.3, 0.4) is 0 Å². The molecule has 0 aliphatic carbocycles. The number of hydrogen-bond acceptors (Lipinski definition) is 4. The van der Waals surface area contributed by atoms with Gasteiger partial charge in [-0.05, 0) is 37.0 Å². The van der Waals surface area contributed by atoms with Gasteiger partial charge in [-0.3, -0.25) is 9.69 Å². The lowest BCUT2D eigenvalue weighted by Gasteiger charge is -2.16. The fourth-order valence-corrected chi connectivity index (χ4v) is 2.30. The maximum absolute atomic E-state index is 12.1. The predicted octanol–water partition coefficient (Wildman–Crippen LogP) is 2.33. The fraction of sp³-hybridized carbons (Fsp3) is 0.400. The van der Waals surface area contributed by atoms with Crippen LogP contribution in [0.4, 0.5) is 13.2 Å². The summed E-state index contributed by atoms with van der Waals surface area (Å²) in [6.45, 7) is -0.280. The Bertz CT molecular complexity index is 782. The van der Waals surface area contributed by atoms with Crippen molar-refractivity contribution in [1.82, 2.24) is 24.6 Å². The first-order valence-corrected chi connectivity index (χ1v) is 7.77. The highest BCUT2D eigenvalue weighted by Crippen LogP contribution is 2.13. The minimum Gasteiger partial charge on any atom is -0.343 e. The third-order valence-electron chi connectivity index (χ3n) is 3.38. The van der Waals surface area contributed by atoms with Gasteiger partial charge in [0.1, 0.15) is 12.9 Å². The molecule has 6 nitrogen and oxygen atoms in total. The van der Waals surface area contributed by atoms with Gasteiger partial charge in [-0.25, -0.2) is 4.68 Å². The summed E-state index contributed by atoms with van der Waals surface area (Å²) in [5.41, 5.74) is 1.10. The number of aryl methyl sites for hydroxylation is 1. The number of amides is 1. The molecule has 2 rings (SSSR count). The number of halogens is 3. The monoisotopic (exact) mass is 373 g/mol. The maximum atomic E-state index is 12.1. The second kappa shape index (κ2) is 7.79. The van der Waals surface area contributed by atoms with Gasteiger partial charge in [0.2, 0.25) is 0 Å². The first-order valence-electron chi connectivity index (χ1n) is 7.36. The molecule has 136 valence electrons. The average Bonchev–Trinajstić information content (AvgIpc) is 2.84. The van der Waals surface area contributed by atoms with Crippen LogP contribution in [0.1, 0.15) is 15.9 Å². The lowest BCUT2D eigenvalue weighted by Crippen LogP contribution is -2.33. The molecule has 0 atom stereocenters. The second-order valence-electron chi connectivity index (χ2n) is 5.67. The Labute approximate surface area is 147 Å². The van der Waals surface area contributed by atoms with Crippen molar-refractivity contribution < 1.29 is 18.0 Å². The summed E-state index contributed by atoms with van der Waals surface area (Å²) < 4.78 is 40.3. The minimum absolute atomic E-state index is 0.183. The normalized spacial score (nSPS) is 11.8. The molecule has 0 aliphatic heterocycles. The summed E-state index contributed by atoms with van der Waals surface area (Å²) in [7, 11) is 3.70. The lowest BCUT2D eigenvalue weighted by atomic mass is 10.1. The highest BCUT2D eigenvalue weighted by molar-refractivity contribution is 7.71. The molecule has 1 aromatic carbocycles. The number of benzene rings is 1. The molecule has 0 bridgehead atoms. The van der Waals surface area contributed by atoms with Gasteiger partial charge in [-0.1, -0.05) is 12.1 Å². The van der Waals surface area contributed by atoms with Crippen molar-refractivity contribution in [1.29, 1.82) is 0 Å². The molecule has 0 radical (unpaired) electrons. The quantitative estimate of drug-likeness (QED) is 0.790. The van der Waals surface area contributed by atoms with Crippen LogP contribution < -0.4 is 5.32 Å². The second-order valence-corrected chi connectivity index (χ2v) is 6.04. The van der Waals surface area contributed by atoms with E-state index in [1.807, 2.05) is 24.3 Å². The number of rotatable bonds is 6. The zero-order chi connectivity index (χ0) is 18.6. The van der Waals surface area contributed by atoms with Crippen molar-refractivity contribution >= 4 is 18.1 Å². The van der Waals surface area contributed by atoms with Gasteiger partial charge in [0.25, 0.3) is 5.91 Å². The Kier molecular flexibility index (Phi) is 5.96. The molecule has 1 aromatic heterocycles. The van der Waals surface area contributed by atoms with Crippen molar-refractivity contribution in [3.05, 3.63) is 46.5 Å². The smallest absolute Gasteiger partial charge is 0.343 e. The molecule has 0 aliphatic rings. The van der Waals surface area contributed by atoms with Crippen LogP contribution in [0, 0.1) is 4.77 Å². The van der Waals surface area contributed by atoms with Crippen molar-refractivity contribution in [3.63, 3.8) is 0 Å². The zero-order valence-electron chi connectivity index (χ0n) is 13.7. The molecular formula is C15H18F3N5OS. The molecule has 0 unspecified atom stereocenters. The zero-order valence-corrected chi connectivity index (χ0v) is 14.6. The van der Waals surface area contributed by atoms with E-state index < -0.39 is 18.6 Å². The number of nitrogens with one attached hydrogen (secondary N) is 1. The molecular weight excluding hydrogens is 355 g/mol. The largest absolute Gasteiger partial charge is 0.405 e. The van der Waals surface area contributed by atoms with Gasteiger partial charge >= 0.3 is 6.18 Å². The van der Waals surface area contributed by atoms with Crippen LogP contribution in [0.5, 0.6) is 0 Å². The first-order chi connectivity index (χ1) is 11.7. The fourth-order valence-electron chi connectivity index (χ4n) is 2.15.